The van der Waals surface area contributed by atoms with Crippen molar-refractivity contribution in [3.8, 4) is 11.8 Å². The number of nitrogens with zero attached hydrogens (tertiary/aromatic N) is 1. The van der Waals surface area contributed by atoms with Crippen LogP contribution in [0, 0.1) is 17.7 Å². The van der Waals surface area contributed by atoms with Crippen molar-refractivity contribution >= 4 is 5.97 Å². The molecule has 1 fully saturated rings. The summed E-state index contributed by atoms with van der Waals surface area (Å²) in [5.74, 6) is 4.52. The maximum atomic E-state index is 14.2. The highest BCUT2D eigenvalue weighted by Gasteiger charge is 2.38. The predicted molar refractivity (Wildman–Crippen MR) is 107 cm³/mol. The van der Waals surface area contributed by atoms with Gasteiger partial charge in [-0.3, -0.25) is 9.69 Å². The minimum Gasteiger partial charge on any atom is -0.481 e. The molecule has 4 rings (SSSR count). The second kappa shape index (κ2) is 7.07. The summed E-state index contributed by atoms with van der Waals surface area (Å²) in [6.45, 7) is 6.61. The van der Waals surface area contributed by atoms with Crippen molar-refractivity contribution in [1.82, 2.24) is 4.90 Å². The first-order valence-electron chi connectivity index (χ1n) is 9.71. The molecule has 144 valence electrons. The van der Waals surface area contributed by atoms with E-state index in [4.69, 9.17) is 5.11 Å². The Morgan fingerprint density at radius 2 is 2.00 bits per heavy atom. The number of carboxylic acid groups (broad SMARTS) is 1. The predicted octanol–water partition coefficient (Wildman–Crippen LogP) is 4.11. The average molecular weight is 377 g/mol. The number of hydrogen-bond acceptors (Lipinski definition) is 2. The summed E-state index contributed by atoms with van der Waals surface area (Å²) in [4.78, 5) is 13.3. The summed E-state index contributed by atoms with van der Waals surface area (Å²) >= 11 is 0. The Balaban J connectivity index is 1.58. The Kier molecular flexibility index (Phi) is 4.72. The van der Waals surface area contributed by atoms with Crippen LogP contribution in [0.3, 0.4) is 0 Å². The van der Waals surface area contributed by atoms with Crippen LogP contribution in [-0.2, 0) is 23.2 Å². The van der Waals surface area contributed by atoms with Gasteiger partial charge in [-0.25, -0.2) is 4.39 Å². The van der Waals surface area contributed by atoms with Crippen LogP contribution in [0.5, 0.6) is 0 Å². The lowest BCUT2D eigenvalue weighted by Crippen LogP contribution is -2.43. The number of fused-ring (bicyclic) bond motifs is 1. The van der Waals surface area contributed by atoms with Crippen LogP contribution in [0.1, 0.15) is 54.5 Å². The SMILES string of the molecule is CC1(C)CN(C2CC2)Cc2ccc(C#Cc3ccc(CC(=O)O)cc3F)cc21. The van der Waals surface area contributed by atoms with E-state index >= 15 is 0 Å². The molecule has 2 aliphatic rings. The molecule has 3 nitrogen and oxygen atoms in total. The largest absolute Gasteiger partial charge is 0.481 e. The van der Waals surface area contributed by atoms with E-state index in [-0.39, 0.29) is 17.4 Å². The van der Waals surface area contributed by atoms with Gasteiger partial charge in [0, 0.05) is 30.1 Å². The lowest BCUT2D eigenvalue weighted by molar-refractivity contribution is -0.136. The Morgan fingerprint density at radius 3 is 2.68 bits per heavy atom. The van der Waals surface area contributed by atoms with E-state index in [1.54, 1.807) is 12.1 Å². The fourth-order valence-electron chi connectivity index (χ4n) is 4.07. The van der Waals surface area contributed by atoms with Crippen LogP contribution >= 0.6 is 0 Å². The third-order valence-electron chi connectivity index (χ3n) is 5.60. The standard InChI is InChI=1S/C24H24FNO2/c1-24(2)15-26(20-9-10-20)14-19-8-4-16(11-21(19)24)3-6-18-7-5-17(12-22(18)25)13-23(27)28/h4-5,7-8,11-12,20H,9-10,13-15H2,1-2H3,(H,27,28). The van der Waals surface area contributed by atoms with Crippen molar-refractivity contribution < 1.29 is 14.3 Å². The fraction of sp³-hybridized carbons (Fsp3) is 0.375. The van der Waals surface area contributed by atoms with Gasteiger partial charge in [-0.2, -0.15) is 0 Å². The summed E-state index contributed by atoms with van der Waals surface area (Å²) in [6.07, 6.45) is 2.43. The van der Waals surface area contributed by atoms with E-state index < -0.39 is 11.8 Å². The maximum Gasteiger partial charge on any atom is 0.307 e. The molecule has 28 heavy (non-hydrogen) atoms. The number of rotatable bonds is 3. The number of benzene rings is 2. The zero-order valence-electron chi connectivity index (χ0n) is 16.3. The molecule has 4 heteroatoms. The molecule has 2 aromatic carbocycles. The third-order valence-corrected chi connectivity index (χ3v) is 5.60. The number of hydrogen-bond donors (Lipinski definition) is 1. The summed E-state index contributed by atoms with van der Waals surface area (Å²) in [5, 5.41) is 8.82. The zero-order valence-corrected chi connectivity index (χ0v) is 16.3. The van der Waals surface area contributed by atoms with Crippen molar-refractivity contribution in [1.29, 1.82) is 0 Å². The molecule has 0 amide bonds. The molecular formula is C24H24FNO2. The Hall–Kier alpha value is -2.64. The van der Waals surface area contributed by atoms with Crippen LogP contribution in [-0.4, -0.2) is 28.6 Å². The molecule has 2 aromatic rings. The van der Waals surface area contributed by atoms with Crippen molar-refractivity contribution in [3.63, 3.8) is 0 Å². The topological polar surface area (TPSA) is 40.5 Å². The van der Waals surface area contributed by atoms with Crippen molar-refractivity contribution in [2.75, 3.05) is 6.54 Å². The van der Waals surface area contributed by atoms with Gasteiger partial charge in [-0.1, -0.05) is 37.8 Å². The molecule has 0 bridgehead atoms. The van der Waals surface area contributed by atoms with Crippen LogP contribution in [0.4, 0.5) is 4.39 Å². The highest BCUT2D eigenvalue weighted by Crippen LogP contribution is 2.39. The van der Waals surface area contributed by atoms with Gasteiger partial charge in [-0.05, 0) is 53.8 Å². The second-order valence-corrected chi connectivity index (χ2v) is 8.53. The molecule has 1 aliphatic carbocycles. The van der Waals surface area contributed by atoms with Crippen LogP contribution < -0.4 is 0 Å². The summed E-state index contributed by atoms with van der Waals surface area (Å²) in [7, 11) is 0. The molecule has 1 heterocycles. The minimum absolute atomic E-state index is 0.0671. The molecule has 0 spiro atoms. The molecule has 0 radical (unpaired) electrons. The highest BCUT2D eigenvalue weighted by molar-refractivity contribution is 5.70. The van der Waals surface area contributed by atoms with E-state index in [1.807, 2.05) is 6.07 Å². The van der Waals surface area contributed by atoms with Crippen LogP contribution in [0.15, 0.2) is 36.4 Å². The third kappa shape index (κ3) is 3.95. The summed E-state index contributed by atoms with van der Waals surface area (Å²) in [6, 6.07) is 11.5. The molecule has 1 N–H and O–H groups in total. The Morgan fingerprint density at radius 1 is 1.21 bits per heavy atom. The maximum absolute atomic E-state index is 14.2. The summed E-state index contributed by atoms with van der Waals surface area (Å²) < 4.78 is 14.2. The van der Waals surface area contributed by atoms with E-state index in [1.165, 1.54) is 30.0 Å². The van der Waals surface area contributed by atoms with Gasteiger partial charge in [0.15, 0.2) is 0 Å². The van der Waals surface area contributed by atoms with Crippen LogP contribution in [0.25, 0.3) is 0 Å². The first-order valence-corrected chi connectivity index (χ1v) is 9.71. The molecule has 0 unspecified atom stereocenters. The molecule has 0 aromatic heterocycles. The lowest BCUT2D eigenvalue weighted by atomic mass is 9.77. The number of carboxylic acids is 1. The number of halogens is 1. The van der Waals surface area contributed by atoms with Crippen molar-refractivity contribution in [3.05, 3.63) is 70.0 Å². The quantitative estimate of drug-likeness (QED) is 0.819. The number of aliphatic carboxylic acids is 1. The first-order chi connectivity index (χ1) is 13.3. The molecule has 0 atom stereocenters. The normalized spacial score (nSPS) is 18.1. The zero-order chi connectivity index (χ0) is 19.9. The van der Waals surface area contributed by atoms with Gasteiger partial charge in [0.2, 0.25) is 0 Å². The molecule has 1 saturated carbocycles. The fourth-order valence-corrected chi connectivity index (χ4v) is 4.07. The van der Waals surface area contributed by atoms with Gasteiger partial charge >= 0.3 is 5.97 Å². The Labute approximate surface area is 165 Å². The van der Waals surface area contributed by atoms with Gasteiger partial charge in [0.25, 0.3) is 0 Å². The van der Waals surface area contributed by atoms with Gasteiger partial charge in [0.1, 0.15) is 5.82 Å². The summed E-state index contributed by atoms with van der Waals surface area (Å²) in [5.41, 5.74) is 4.35. The second-order valence-electron chi connectivity index (χ2n) is 8.53. The molecule has 1 aliphatic heterocycles. The van der Waals surface area contributed by atoms with Crippen molar-refractivity contribution in [2.45, 2.75) is 51.1 Å². The van der Waals surface area contributed by atoms with Gasteiger partial charge < -0.3 is 5.11 Å². The van der Waals surface area contributed by atoms with E-state index in [2.05, 4.69) is 42.7 Å². The van der Waals surface area contributed by atoms with Gasteiger partial charge in [0.05, 0.1) is 12.0 Å². The Bertz CT molecular complexity index is 995. The van der Waals surface area contributed by atoms with E-state index in [9.17, 15) is 9.18 Å². The van der Waals surface area contributed by atoms with Crippen molar-refractivity contribution in [2.24, 2.45) is 0 Å². The minimum atomic E-state index is -0.977. The van der Waals surface area contributed by atoms with E-state index in [0.29, 0.717) is 5.56 Å². The van der Waals surface area contributed by atoms with E-state index in [0.717, 1.165) is 24.7 Å². The first kappa shape index (κ1) is 18.7. The van der Waals surface area contributed by atoms with Crippen LogP contribution in [0.2, 0.25) is 0 Å². The monoisotopic (exact) mass is 377 g/mol. The highest BCUT2D eigenvalue weighted by atomic mass is 19.1. The number of carbonyl (C=O) groups is 1. The smallest absolute Gasteiger partial charge is 0.307 e. The molecule has 0 saturated heterocycles. The van der Waals surface area contributed by atoms with Gasteiger partial charge in [-0.15, -0.1) is 0 Å². The average Bonchev–Trinajstić information content (AvgIpc) is 3.45. The molecular weight excluding hydrogens is 353 g/mol. The lowest BCUT2D eigenvalue weighted by Gasteiger charge is -2.40.